The van der Waals surface area contributed by atoms with Gasteiger partial charge in [-0.2, -0.15) is 0 Å². The van der Waals surface area contributed by atoms with Crippen LogP contribution in [0.2, 0.25) is 14.4 Å². The fraction of sp³-hybridized carbons (Fsp3) is 0.222. The SMILES string of the molecule is C[N+](C)(Cc1sc(Cl)c(Cl)c1Cl)Cc1cccc2ccccc12. The van der Waals surface area contributed by atoms with Crippen LogP contribution < -0.4 is 0 Å². The maximum absolute atomic E-state index is 6.30. The zero-order chi connectivity index (χ0) is 16.6. The zero-order valence-electron chi connectivity index (χ0n) is 12.9. The summed E-state index contributed by atoms with van der Waals surface area (Å²) in [7, 11) is 4.39. The van der Waals surface area contributed by atoms with Crippen LogP contribution in [0.15, 0.2) is 42.5 Å². The minimum absolute atomic E-state index is 0.471. The number of benzene rings is 2. The molecule has 0 aliphatic carbocycles. The molecule has 3 rings (SSSR count). The van der Waals surface area contributed by atoms with E-state index >= 15 is 0 Å². The first kappa shape index (κ1) is 17.1. The van der Waals surface area contributed by atoms with Crippen LogP contribution in [-0.2, 0) is 13.1 Å². The fourth-order valence-electron chi connectivity index (χ4n) is 2.84. The number of hydrogen-bond acceptors (Lipinski definition) is 1. The molecule has 0 aliphatic rings. The minimum Gasteiger partial charge on any atom is -0.320 e. The van der Waals surface area contributed by atoms with Gasteiger partial charge in [0.25, 0.3) is 0 Å². The molecule has 120 valence electrons. The van der Waals surface area contributed by atoms with Gasteiger partial charge in [0.1, 0.15) is 17.4 Å². The number of nitrogens with zero attached hydrogens (tertiary/aromatic N) is 1. The fourth-order valence-corrected chi connectivity index (χ4v) is 4.89. The smallest absolute Gasteiger partial charge is 0.115 e. The van der Waals surface area contributed by atoms with Gasteiger partial charge in [0.2, 0.25) is 0 Å². The van der Waals surface area contributed by atoms with Gasteiger partial charge in [0, 0.05) is 5.56 Å². The van der Waals surface area contributed by atoms with Crippen molar-refractivity contribution in [2.24, 2.45) is 0 Å². The summed E-state index contributed by atoms with van der Waals surface area (Å²) in [5.74, 6) is 0. The van der Waals surface area contributed by atoms with Crippen LogP contribution in [-0.4, -0.2) is 18.6 Å². The highest BCUT2D eigenvalue weighted by Gasteiger charge is 2.23. The molecule has 1 aromatic heterocycles. The second-order valence-corrected chi connectivity index (χ2v) is 8.78. The molecule has 0 aliphatic heterocycles. The average molecular weight is 386 g/mol. The van der Waals surface area contributed by atoms with Crippen molar-refractivity contribution in [2.75, 3.05) is 14.1 Å². The van der Waals surface area contributed by atoms with Gasteiger partial charge in [-0.25, -0.2) is 0 Å². The Balaban J connectivity index is 1.89. The Labute approximate surface area is 155 Å². The lowest BCUT2D eigenvalue weighted by atomic mass is 10.0. The molecule has 23 heavy (non-hydrogen) atoms. The van der Waals surface area contributed by atoms with E-state index in [1.54, 1.807) is 0 Å². The first-order valence-corrected chi connectivity index (χ1v) is 9.23. The highest BCUT2D eigenvalue weighted by Crippen LogP contribution is 2.41. The number of thiophene rings is 1. The monoisotopic (exact) mass is 384 g/mol. The molecule has 0 amide bonds. The average Bonchev–Trinajstić information content (AvgIpc) is 2.74. The van der Waals surface area contributed by atoms with Crippen LogP contribution in [0.1, 0.15) is 10.4 Å². The molecule has 0 saturated carbocycles. The predicted octanol–water partition coefficient (Wildman–Crippen LogP) is 6.64. The molecule has 1 nitrogen and oxygen atoms in total. The lowest BCUT2D eigenvalue weighted by Gasteiger charge is -2.30. The Morgan fingerprint density at radius 3 is 2.26 bits per heavy atom. The summed E-state index contributed by atoms with van der Waals surface area (Å²) >= 11 is 20.0. The van der Waals surface area contributed by atoms with E-state index in [1.165, 1.54) is 27.7 Å². The Kier molecular flexibility index (Phi) is 4.91. The Hall–Kier alpha value is -0.770. The van der Waals surface area contributed by atoms with Gasteiger partial charge >= 0.3 is 0 Å². The van der Waals surface area contributed by atoms with E-state index in [0.717, 1.165) is 22.4 Å². The molecule has 0 N–H and O–H groups in total. The second-order valence-electron chi connectivity index (χ2n) is 6.32. The molecular formula is C18H17Cl3NS+. The quantitative estimate of drug-likeness (QED) is 0.442. The number of quaternary nitrogens is 1. The molecule has 0 atom stereocenters. The lowest BCUT2D eigenvalue weighted by Crippen LogP contribution is -2.37. The maximum atomic E-state index is 6.30. The first-order valence-electron chi connectivity index (χ1n) is 7.28. The standard InChI is InChI=1S/C18H17Cl3NS/c1-22(2,11-15-16(19)17(20)18(21)23-15)10-13-8-5-7-12-6-3-4-9-14(12)13/h3-9H,10-11H2,1-2H3/q+1. The minimum atomic E-state index is 0.471. The summed E-state index contributed by atoms with van der Waals surface area (Å²) in [6, 6.07) is 14.9. The van der Waals surface area contributed by atoms with Crippen molar-refractivity contribution >= 4 is 56.9 Å². The molecule has 0 unspecified atom stereocenters. The van der Waals surface area contributed by atoms with Gasteiger partial charge in [0.15, 0.2) is 0 Å². The van der Waals surface area contributed by atoms with Crippen LogP contribution in [0.3, 0.4) is 0 Å². The Morgan fingerprint density at radius 1 is 0.870 bits per heavy atom. The third kappa shape index (κ3) is 3.67. The van der Waals surface area contributed by atoms with Crippen molar-refractivity contribution in [3.63, 3.8) is 0 Å². The van der Waals surface area contributed by atoms with Gasteiger partial charge in [-0.05, 0) is 10.8 Å². The number of hydrogen-bond donors (Lipinski definition) is 0. The largest absolute Gasteiger partial charge is 0.320 e. The summed E-state index contributed by atoms with van der Waals surface area (Å²) in [5, 5.41) is 3.63. The van der Waals surface area contributed by atoms with Gasteiger partial charge in [-0.1, -0.05) is 77.3 Å². The van der Waals surface area contributed by atoms with E-state index in [2.05, 4.69) is 56.6 Å². The lowest BCUT2D eigenvalue weighted by molar-refractivity contribution is -0.916. The third-order valence-electron chi connectivity index (χ3n) is 3.87. The number of halogens is 3. The van der Waals surface area contributed by atoms with Crippen molar-refractivity contribution in [3.8, 4) is 0 Å². The van der Waals surface area contributed by atoms with Crippen molar-refractivity contribution in [3.05, 3.63) is 67.3 Å². The normalized spacial score (nSPS) is 12.0. The zero-order valence-corrected chi connectivity index (χ0v) is 16.0. The van der Waals surface area contributed by atoms with Crippen LogP contribution >= 0.6 is 46.1 Å². The van der Waals surface area contributed by atoms with E-state index < -0.39 is 0 Å². The van der Waals surface area contributed by atoms with E-state index in [9.17, 15) is 0 Å². The first-order chi connectivity index (χ1) is 10.9. The van der Waals surface area contributed by atoms with Crippen LogP contribution in [0.25, 0.3) is 10.8 Å². The number of fused-ring (bicyclic) bond motifs is 1. The van der Waals surface area contributed by atoms with Gasteiger partial charge in [-0.15, -0.1) is 11.3 Å². The molecule has 2 aromatic carbocycles. The van der Waals surface area contributed by atoms with Crippen LogP contribution in [0.5, 0.6) is 0 Å². The molecule has 5 heteroatoms. The summed E-state index contributed by atoms with van der Waals surface area (Å²) < 4.78 is 1.35. The number of rotatable bonds is 4. The molecule has 0 fully saturated rings. The summed E-state index contributed by atoms with van der Waals surface area (Å²) in [6.45, 7) is 1.70. The predicted molar refractivity (Wildman–Crippen MR) is 103 cm³/mol. The highest BCUT2D eigenvalue weighted by molar-refractivity contribution is 7.17. The van der Waals surface area contributed by atoms with Crippen LogP contribution in [0, 0.1) is 0 Å². The van der Waals surface area contributed by atoms with E-state index in [4.69, 9.17) is 34.8 Å². The van der Waals surface area contributed by atoms with Crippen molar-refractivity contribution in [1.82, 2.24) is 0 Å². The topological polar surface area (TPSA) is 0 Å². The van der Waals surface area contributed by atoms with E-state index in [-0.39, 0.29) is 0 Å². The van der Waals surface area contributed by atoms with Gasteiger partial charge < -0.3 is 4.48 Å². The molecule has 0 spiro atoms. The maximum Gasteiger partial charge on any atom is 0.115 e. The molecule has 0 bridgehead atoms. The highest BCUT2D eigenvalue weighted by atomic mass is 35.5. The van der Waals surface area contributed by atoms with Gasteiger partial charge in [-0.3, -0.25) is 0 Å². The van der Waals surface area contributed by atoms with Crippen molar-refractivity contribution in [2.45, 2.75) is 13.1 Å². The van der Waals surface area contributed by atoms with Crippen molar-refractivity contribution in [1.29, 1.82) is 0 Å². The van der Waals surface area contributed by atoms with Crippen molar-refractivity contribution < 1.29 is 4.48 Å². The van der Waals surface area contributed by atoms with E-state index in [0.29, 0.717) is 14.4 Å². The van der Waals surface area contributed by atoms with Gasteiger partial charge in [0.05, 0.1) is 29.0 Å². The molecule has 1 heterocycles. The van der Waals surface area contributed by atoms with Crippen LogP contribution in [0.4, 0.5) is 0 Å². The summed E-state index contributed by atoms with van der Waals surface area (Å²) in [5.41, 5.74) is 1.33. The molecule has 0 radical (unpaired) electrons. The summed E-state index contributed by atoms with van der Waals surface area (Å²) in [6.07, 6.45) is 0. The summed E-state index contributed by atoms with van der Waals surface area (Å²) in [4.78, 5) is 1.03. The van der Waals surface area contributed by atoms with E-state index in [1.807, 2.05) is 0 Å². The Morgan fingerprint density at radius 2 is 1.57 bits per heavy atom. The third-order valence-corrected chi connectivity index (χ3v) is 6.47. The second kappa shape index (κ2) is 6.62. The molecule has 3 aromatic rings. The molecular weight excluding hydrogens is 369 g/mol. The Bertz CT molecular complexity index is 849. The molecule has 0 saturated heterocycles.